The first kappa shape index (κ1) is 19.7. The highest BCUT2D eigenvalue weighted by Crippen LogP contribution is 2.35. The second-order valence-electron chi connectivity index (χ2n) is 8.12. The van der Waals surface area contributed by atoms with Crippen LogP contribution in [0.3, 0.4) is 0 Å². The predicted octanol–water partition coefficient (Wildman–Crippen LogP) is 5.65. The molecule has 2 aliphatic heterocycles. The van der Waals surface area contributed by atoms with Crippen molar-refractivity contribution in [2.45, 2.75) is 13.8 Å². The lowest BCUT2D eigenvalue weighted by molar-refractivity contribution is 1.06. The standard InChI is InChI=1S/C26H22N6S/c1-15-4-3-5-17(12-29-15)20-7-8-21-24(30-20)18(10-11-28-21)26-31-22-14-27-13-19(25(22)32-26)23-9-6-16(2)33-23/h3-10,12-14,28-29H,11H2,1-2H3,(H,31,32). The summed E-state index contributed by atoms with van der Waals surface area (Å²) in [4.78, 5) is 20.4. The second kappa shape index (κ2) is 7.86. The van der Waals surface area contributed by atoms with Crippen molar-refractivity contribution in [3.05, 3.63) is 94.9 Å². The van der Waals surface area contributed by atoms with Gasteiger partial charge < -0.3 is 15.6 Å². The Hall–Kier alpha value is -3.97. The lowest BCUT2D eigenvalue weighted by atomic mass is 10.0. The Balaban J connectivity index is 1.44. The Morgan fingerprint density at radius 1 is 1.03 bits per heavy atom. The van der Waals surface area contributed by atoms with E-state index in [9.17, 15) is 0 Å². The maximum Gasteiger partial charge on any atom is 0.140 e. The van der Waals surface area contributed by atoms with E-state index in [0.29, 0.717) is 0 Å². The highest BCUT2D eigenvalue weighted by atomic mass is 32.1. The maximum absolute atomic E-state index is 5.03. The summed E-state index contributed by atoms with van der Waals surface area (Å²) in [5, 5.41) is 6.73. The van der Waals surface area contributed by atoms with E-state index < -0.39 is 0 Å². The number of aryl methyl sites for hydroxylation is 1. The molecule has 6 heterocycles. The molecule has 0 radical (unpaired) electrons. The Bertz CT molecular complexity index is 1510. The molecule has 0 saturated heterocycles. The van der Waals surface area contributed by atoms with Gasteiger partial charge in [0.15, 0.2) is 0 Å². The number of imidazole rings is 1. The fourth-order valence-corrected chi connectivity index (χ4v) is 4.98. The Morgan fingerprint density at radius 3 is 2.85 bits per heavy atom. The first-order chi connectivity index (χ1) is 16.2. The van der Waals surface area contributed by atoms with Gasteiger partial charge in [-0.2, -0.15) is 0 Å². The lowest BCUT2D eigenvalue weighted by Gasteiger charge is -2.18. The van der Waals surface area contributed by atoms with Crippen molar-refractivity contribution in [1.82, 2.24) is 25.3 Å². The first-order valence-electron chi connectivity index (χ1n) is 10.8. The van der Waals surface area contributed by atoms with Crippen molar-refractivity contribution in [1.29, 1.82) is 0 Å². The molecule has 6 rings (SSSR count). The van der Waals surface area contributed by atoms with Crippen LogP contribution in [0.4, 0.5) is 5.69 Å². The van der Waals surface area contributed by atoms with Gasteiger partial charge >= 0.3 is 0 Å². The maximum atomic E-state index is 5.03. The lowest BCUT2D eigenvalue weighted by Crippen LogP contribution is -2.12. The number of nitrogens with zero attached hydrogens (tertiary/aromatic N) is 3. The Morgan fingerprint density at radius 2 is 1.97 bits per heavy atom. The van der Waals surface area contributed by atoms with Gasteiger partial charge in [0.2, 0.25) is 0 Å². The number of rotatable bonds is 3. The van der Waals surface area contributed by atoms with E-state index in [4.69, 9.17) is 9.97 Å². The molecule has 0 amide bonds. The summed E-state index contributed by atoms with van der Waals surface area (Å²) in [5.41, 5.74) is 8.82. The summed E-state index contributed by atoms with van der Waals surface area (Å²) in [5.74, 6) is 0.806. The number of nitrogens with one attached hydrogen (secondary N) is 3. The van der Waals surface area contributed by atoms with Crippen LogP contribution in [0.15, 0.2) is 72.9 Å². The normalized spacial score (nSPS) is 15.2. The third kappa shape index (κ3) is 3.56. The fourth-order valence-electron chi connectivity index (χ4n) is 4.10. The number of pyridine rings is 2. The molecule has 4 aromatic heterocycles. The zero-order valence-electron chi connectivity index (χ0n) is 18.3. The highest BCUT2D eigenvalue weighted by Gasteiger charge is 2.21. The van der Waals surface area contributed by atoms with E-state index in [1.807, 2.05) is 43.7 Å². The molecule has 0 unspecified atom stereocenters. The molecule has 33 heavy (non-hydrogen) atoms. The SMILES string of the molecule is CC1=CC=CC(c2ccc3c(n2)C(c2nc4c(-c5ccc(C)s5)cncc4[nH]2)=CCN3)=CN1. The van der Waals surface area contributed by atoms with Gasteiger partial charge in [-0.3, -0.25) is 4.98 Å². The number of aromatic amines is 1. The van der Waals surface area contributed by atoms with E-state index >= 15 is 0 Å². The quantitative estimate of drug-likeness (QED) is 0.376. The number of thiophene rings is 1. The molecule has 6 nitrogen and oxygen atoms in total. The Labute approximate surface area is 195 Å². The number of H-pyrrole nitrogens is 1. The number of fused-ring (bicyclic) bond motifs is 2. The van der Waals surface area contributed by atoms with E-state index in [0.717, 1.165) is 62.9 Å². The summed E-state index contributed by atoms with van der Waals surface area (Å²) < 4.78 is 0. The van der Waals surface area contributed by atoms with Gasteiger partial charge in [-0.25, -0.2) is 9.97 Å². The molecule has 3 N–H and O–H groups in total. The van der Waals surface area contributed by atoms with E-state index in [-0.39, 0.29) is 0 Å². The van der Waals surface area contributed by atoms with Gasteiger partial charge in [-0.05, 0) is 44.2 Å². The predicted molar refractivity (Wildman–Crippen MR) is 136 cm³/mol. The van der Waals surface area contributed by atoms with E-state index in [1.165, 1.54) is 9.75 Å². The molecule has 7 heteroatoms. The fraction of sp³-hybridized carbons (Fsp3) is 0.115. The average molecular weight is 451 g/mol. The first-order valence-corrected chi connectivity index (χ1v) is 11.7. The highest BCUT2D eigenvalue weighted by molar-refractivity contribution is 7.15. The van der Waals surface area contributed by atoms with Crippen molar-refractivity contribution < 1.29 is 0 Å². The van der Waals surface area contributed by atoms with Crippen LogP contribution < -0.4 is 10.6 Å². The third-order valence-electron chi connectivity index (χ3n) is 5.78. The molecule has 0 aliphatic carbocycles. The number of hydrogen-bond donors (Lipinski definition) is 3. The molecule has 162 valence electrons. The molecule has 0 fully saturated rings. The van der Waals surface area contributed by atoms with E-state index in [1.54, 1.807) is 11.3 Å². The monoisotopic (exact) mass is 450 g/mol. The topological polar surface area (TPSA) is 78.5 Å². The molecule has 0 bridgehead atoms. The number of aromatic nitrogens is 4. The number of hydrogen-bond acceptors (Lipinski definition) is 6. The van der Waals surface area contributed by atoms with Crippen LogP contribution in [-0.4, -0.2) is 26.5 Å². The molecule has 0 atom stereocenters. The van der Waals surface area contributed by atoms with Gasteiger partial charge in [0.1, 0.15) is 11.3 Å². The van der Waals surface area contributed by atoms with Crippen LogP contribution in [0.2, 0.25) is 0 Å². The molecule has 4 aromatic rings. The smallest absolute Gasteiger partial charge is 0.140 e. The minimum Gasteiger partial charge on any atom is -0.380 e. The molecular weight excluding hydrogens is 428 g/mol. The molecular formula is C26H22N6S. The van der Waals surface area contributed by atoms with Crippen molar-refractivity contribution >= 4 is 39.2 Å². The minimum atomic E-state index is 0.725. The number of anilines is 1. The molecule has 2 aliphatic rings. The van der Waals surface area contributed by atoms with Gasteiger partial charge in [-0.15, -0.1) is 11.3 Å². The van der Waals surface area contributed by atoms with E-state index in [2.05, 4.69) is 57.9 Å². The van der Waals surface area contributed by atoms with Crippen LogP contribution in [0.25, 0.3) is 32.6 Å². The largest absolute Gasteiger partial charge is 0.380 e. The summed E-state index contributed by atoms with van der Waals surface area (Å²) in [6.45, 7) is 4.88. The van der Waals surface area contributed by atoms with Crippen molar-refractivity contribution in [2.75, 3.05) is 11.9 Å². The summed E-state index contributed by atoms with van der Waals surface area (Å²) in [6.07, 6.45) is 14.0. The third-order valence-corrected chi connectivity index (χ3v) is 6.81. The zero-order valence-corrected chi connectivity index (χ0v) is 19.1. The summed E-state index contributed by atoms with van der Waals surface area (Å²) in [6, 6.07) is 8.41. The van der Waals surface area contributed by atoms with Gasteiger partial charge in [0.25, 0.3) is 0 Å². The second-order valence-corrected chi connectivity index (χ2v) is 9.41. The number of allylic oxidation sites excluding steroid dienone is 5. The molecule has 0 saturated carbocycles. The van der Waals surface area contributed by atoms with Gasteiger partial charge in [0.05, 0.1) is 28.8 Å². The van der Waals surface area contributed by atoms with Crippen LogP contribution >= 0.6 is 11.3 Å². The zero-order chi connectivity index (χ0) is 22.4. The van der Waals surface area contributed by atoms with Gasteiger partial charge in [0, 0.05) is 51.1 Å². The van der Waals surface area contributed by atoms with Crippen molar-refractivity contribution in [3.63, 3.8) is 0 Å². The van der Waals surface area contributed by atoms with Crippen molar-refractivity contribution in [3.8, 4) is 10.4 Å². The van der Waals surface area contributed by atoms with Gasteiger partial charge in [-0.1, -0.05) is 18.2 Å². The van der Waals surface area contributed by atoms with Crippen molar-refractivity contribution in [2.24, 2.45) is 0 Å². The minimum absolute atomic E-state index is 0.725. The van der Waals surface area contributed by atoms with Crippen LogP contribution in [0.1, 0.15) is 29.0 Å². The average Bonchev–Trinajstić information content (AvgIpc) is 3.40. The molecule has 0 spiro atoms. The summed E-state index contributed by atoms with van der Waals surface area (Å²) >= 11 is 1.75. The summed E-state index contributed by atoms with van der Waals surface area (Å²) in [7, 11) is 0. The molecule has 0 aromatic carbocycles. The van der Waals surface area contributed by atoms with Crippen LogP contribution in [-0.2, 0) is 0 Å². The Kier molecular flexibility index (Phi) is 4.69. The van der Waals surface area contributed by atoms with Crippen LogP contribution in [0, 0.1) is 6.92 Å². The van der Waals surface area contributed by atoms with Crippen LogP contribution in [0.5, 0.6) is 0 Å².